The van der Waals surface area contributed by atoms with Gasteiger partial charge < -0.3 is 10.6 Å². The van der Waals surface area contributed by atoms with E-state index in [2.05, 4.69) is 0 Å². The van der Waals surface area contributed by atoms with Crippen LogP contribution in [0, 0.1) is 6.92 Å². The molecule has 2 rings (SSSR count). The van der Waals surface area contributed by atoms with Gasteiger partial charge in [-0.1, -0.05) is 13.8 Å². The van der Waals surface area contributed by atoms with Crippen molar-refractivity contribution in [2.24, 2.45) is 0 Å². The van der Waals surface area contributed by atoms with E-state index in [1.807, 2.05) is 51.9 Å². The van der Waals surface area contributed by atoms with E-state index in [1.54, 1.807) is 24.3 Å². The normalized spacial score (nSPS) is 9.75. The van der Waals surface area contributed by atoms with Crippen LogP contribution in [0.5, 0.6) is 0 Å². The smallest absolute Gasteiger partial charge is 0.194 e. The lowest BCUT2D eigenvalue weighted by atomic mass is 9.93. The summed E-state index contributed by atoms with van der Waals surface area (Å²) in [6.45, 7) is 7.34. The standard InChI is InChI=1S/C18H20N2O2.C2H6/c1-11-9-14(20(3)4)6-8-15(11)18(22)17-10-13(19)5-7-16(17)12(2)21;1-2/h5-10H,19H2,1-4H3;1-2H3. The predicted octanol–water partition coefficient (Wildman–Crippen LogP) is 4.10. The molecule has 0 atom stereocenters. The molecule has 2 aromatic carbocycles. The highest BCUT2D eigenvalue weighted by molar-refractivity contribution is 6.16. The molecular formula is C20H26N2O2. The first kappa shape index (κ1) is 19.4. The largest absolute Gasteiger partial charge is 0.399 e. The second-order valence-corrected chi connectivity index (χ2v) is 5.58. The summed E-state index contributed by atoms with van der Waals surface area (Å²) in [7, 11) is 3.89. The number of benzene rings is 2. The van der Waals surface area contributed by atoms with Crippen LogP contribution in [0.2, 0.25) is 0 Å². The van der Waals surface area contributed by atoms with Crippen LogP contribution >= 0.6 is 0 Å². The Morgan fingerprint density at radius 2 is 1.50 bits per heavy atom. The Labute approximate surface area is 144 Å². The average Bonchev–Trinajstić information content (AvgIpc) is 2.55. The highest BCUT2D eigenvalue weighted by atomic mass is 16.1. The molecule has 0 aliphatic carbocycles. The van der Waals surface area contributed by atoms with Gasteiger partial charge in [-0.15, -0.1) is 0 Å². The molecule has 0 aromatic heterocycles. The van der Waals surface area contributed by atoms with Gasteiger partial charge in [0, 0.05) is 42.2 Å². The van der Waals surface area contributed by atoms with Crippen molar-refractivity contribution in [3.63, 3.8) is 0 Å². The molecule has 0 aliphatic heterocycles. The van der Waals surface area contributed by atoms with Gasteiger partial charge in [0.1, 0.15) is 0 Å². The van der Waals surface area contributed by atoms with Crippen LogP contribution in [0.1, 0.15) is 52.6 Å². The highest BCUT2D eigenvalue weighted by Gasteiger charge is 2.18. The van der Waals surface area contributed by atoms with Gasteiger partial charge in [-0.2, -0.15) is 0 Å². The minimum Gasteiger partial charge on any atom is -0.399 e. The first-order valence-electron chi connectivity index (χ1n) is 8.04. The number of hydrogen-bond donors (Lipinski definition) is 1. The molecule has 0 unspecified atom stereocenters. The first-order chi connectivity index (χ1) is 11.3. The number of anilines is 2. The van der Waals surface area contributed by atoms with Crippen LogP contribution in [-0.4, -0.2) is 25.7 Å². The zero-order chi connectivity index (χ0) is 18.4. The third-order valence-corrected chi connectivity index (χ3v) is 3.64. The maximum atomic E-state index is 12.8. The summed E-state index contributed by atoms with van der Waals surface area (Å²) in [5, 5.41) is 0. The Bertz CT molecular complexity index is 749. The number of aryl methyl sites for hydroxylation is 1. The van der Waals surface area contributed by atoms with Crippen molar-refractivity contribution >= 4 is 22.9 Å². The zero-order valence-electron chi connectivity index (χ0n) is 15.3. The fraction of sp³-hybridized carbons (Fsp3) is 0.300. The Balaban J connectivity index is 0.00000139. The number of hydrogen-bond acceptors (Lipinski definition) is 4. The van der Waals surface area contributed by atoms with Crippen molar-refractivity contribution in [3.8, 4) is 0 Å². The first-order valence-corrected chi connectivity index (χ1v) is 8.04. The van der Waals surface area contributed by atoms with Crippen LogP contribution in [0.3, 0.4) is 0 Å². The van der Waals surface area contributed by atoms with Crippen molar-refractivity contribution in [2.45, 2.75) is 27.7 Å². The van der Waals surface area contributed by atoms with E-state index in [4.69, 9.17) is 5.73 Å². The number of Topliss-reactive ketones (excluding diaryl/α,β-unsaturated/α-hetero) is 1. The van der Waals surface area contributed by atoms with Crippen LogP contribution in [0.15, 0.2) is 36.4 Å². The lowest BCUT2D eigenvalue weighted by Gasteiger charge is -2.15. The Hall–Kier alpha value is -2.62. The maximum Gasteiger partial charge on any atom is 0.194 e. The Morgan fingerprint density at radius 1 is 0.917 bits per heavy atom. The SMILES string of the molecule is CC.CC(=O)c1ccc(N)cc1C(=O)c1ccc(N(C)C)cc1C. The van der Waals surface area contributed by atoms with Crippen LogP contribution in [0.4, 0.5) is 11.4 Å². The van der Waals surface area contributed by atoms with Gasteiger partial charge in [-0.3, -0.25) is 9.59 Å². The summed E-state index contributed by atoms with van der Waals surface area (Å²) in [5.41, 5.74) is 9.47. The van der Waals surface area contributed by atoms with E-state index in [1.165, 1.54) is 6.92 Å². The Kier molecular flexibility index (Phi) is 6.71. The number of carbonyl (C=O) groups excluding carboxylic acids is 2. The number of nitrogens with two attached hydrogens (primary N) is 1. The van der Waals surface area contributed by atoms with E-state index in [9.17, 15) is 9.59 Å². The summed E-state index contributed by atoms with van der Waals surface area (Å²) in [5.74, 6) is -0.328. The third-order valence-electron chi connectivity index (χ3n) is 3.64. The Morgan fingerprint density at radius 3 is 2.00 bits per heavy atom. The van der Waals surface area contributed by atoms with Gasteiger partial charge in [-0.05, 0) is 55.8 Å². The molecule has 2 N–H and O–H groups in total. The maximum absolute atomic E-state index is 12.8. The van der Waals surface area contributed by atoms with Crippen molar-refractivity contribution < 1.29 is 9.59 Å². The van der Waals surface area contributed by atoms with E-state index >= 15 is 0 Å². The van der Waals surface area contributed by atoms with E-state index < -0.39 is 0 Å². The van der Waals surface area contributed by atoms with Gasteiger partial charge in [-0.25, -0.2) is 0 Å². The minimum absolute atomic E-state index is 0.147. The van der Waals surface area contributed by atoms with Crippen LogP contribution in [0.25, 0.3) is 0 Å². The molecule has 4 heteroatoms. The molecule has 0 amide bonds. The molecule has 0 fully saturated rings. The van der Waals surface area contributed by atoms with E-state index in [-0.39, 0.29) is 11.6 Å². The molecule has 2 aromatic rings. The van der Waals surface area contributed by atoms with Crippen molar-refractivity contribution in [1.82, 2.24) is 0 Å². The summed E-state index contributed by atoms with van der Waals surface area (Å²) < 4.78 is 0. The molecule has 0 heterocycles. The molecular weight excluding hydrogens is 300 g/mol. The van der Waals surface area contributed by atoms with E-state index in [0.717, 1.165) is 11.3 Å². The fourth-order valence-electron chi connectivity index (χ4n) is 2.38. The van der Waals surface area contributed by atoms with Gasteiger partial charge in [0.25, 0.3) is 0 Å². The third kappa shape index (κ3) is 4.22. The molecule has 0 aliphatic rings. The molecule has 0 radical (unpaired) electrons. The lowest BCUT2D eigenvalue weighted by Crippen LogP contribution is -2.12. The highest BCUT2D eigenvalue weighted by Crippen LogP contribution is 2.23. The number of nitrogens with zero attached hydrogens (tertiary/aromatic N) is 1. The van der Waals surface area contributed by atoms with Gasteiger partial charge in [0.2, 0.25) is 0 Å². The molecule has 0 bridgehead atoms. The van der Waals surface area contributed by atoms with Gasteiger partial charge in [0.15, 0.2) is 11.6 Å². The minimum atomic E-state index is -0.180. The summed E-state index contributed by atoms with van der Waals surface area (Å²) >= 11 is 0. The van der Waals surface area contributed by atoms with Crippen molar-refractivity contribution in [3.05, 3.63) is 58.7 Å². The molecule has 128 valence electrons. The number of rotatable bonds is 4. The molecule has 24 heavy (non-hydrogen) atoms. The zero-order valence-corrected chi connectivity index (χ0v) is 15.3. The topological polar surface area (TPSA) is 63.4 Å². The quantitative estimate of drug-likeness (QED) is 0.678. The predicted molar refractivity (Wildman–Crippen MR) is 101 cm³/mol. The van der Waals surface area contributed by atoms with Crippen LogP contribution in [-0.2, 0) is 0 Å². The lowest BCUT2D eigenvalue weighted by molar-refractivity contribution is 0.0990. The molecule has 0 saturated heterocycles. The molecule has 0 saturated carbocycles. The summed E-state index contributed by atoms with van der Waals surface area (Å²) in [4.78, 5) is 26.5. The average molecular weight is 326 g/mol. The van der Waals surface area contributed by atoms with Crippen LogP contribution < -0.4 is 10.6 Å². The number of nitrogen functional groups attached to an aromatic ring is 1. The van der Waals surface area contributed by atoms with Gasteiger partial charge in [0.05, 0.1) is 0 Å². The number of carbonyl (C=O) groups is 2. The monoisotopic (exact) mass is 326 g/mol. The molecule has 4 nitrogen and oxygen atoms in total. The van der Waals surface area contributed by atoms with E-state index in [0.29, 0.717) is 22.4 Å². The molecule has 0 spiro atoms. The second-order valence-electron chi connectivity index (χ2n) is 5.58. The van der Waals surface area contributed by atoms with Crippen molar-refractivity contribution in [2.75, 3.05) is 24.7 Å². The summed E-state index contributed by atoms with van der Waals surface area (Å²) in [6, 6.07) is 10.4. The summed E-state index contributed by atoms with van der Waals surface area (Å²) in [6.07, 6.45) is 0. The number of ketones is 2. The second kappa shape index (κ2) is 8.29. The fourth-order valence-corrected chi connectivity index (χ4v) is 2.38. The van der Waals surface area contributed by atoms with Crippen molar-refractivity contribution in [1.29, 1.82) is 0 Å². The van der Waals surface area contributed by atoms with Gasteiger partial charge >= 0.3 is 0 Å².